The summed E-state index contributed by atoms with van der Waals surface area (Å²) in [4.78, 5) is 0. The van der Waals surface area contributed by atoms with Crippen LogP contribution in [0.3, 0.4) is 0 Å². The fourth-order valence-corrected chi connectivity index (χ4v) is 1.74. The molecule has 0 radical (unpaired) electrons. The van der Waals surface area contributed by atoms with Crippen molar-refractivity contribution in [3.63, 3.8) is 0 Å². The first-order valence-electron chi connectivity index (χ1n) is 3.54. The number of hydrogen-bond acceptors (Lipinski definition) is 0. The standard InChI is InChI=1S/C8H7F3/c9-8(10,11)7-4-5-1-2-6(7)3-5/h1-2,4-6H,3H2. The van der Waals surface area contributed by atoms with E-state index < -0.39 is 6.18 Å². The first-order valence-corrected chi connectivity index (χ1v) is 3.54. The van der Waals surface area contributed by atoms with Gasteiger partial charge >= 0.3 is 6.18 Å². The van der Waals surface area contributed by atoms with Gasteiger partial charge in [-0.1, -0.05) is 18.2 Å². The molecule has 0 aromatic carbocycles. The van der Waals surface area contributed by atoms with E-state index >= 15 is 0 Å². The Morgan fingerprint density at radius 1 is 1.27 bits per heavy atom. The van der Waals surface area contributed by atoms with Crippen molar-refractivity contribution in [2.75, 3.05) is 0 Å². The first-order chi connectivity index (χ1) is 5.07. The summed E-state index contributed by atoms with van der Waals surface area (Å²) in [5, 5.41) is 0. The quantitative estimate of drug-likeness (QED) is 0.478. The Morgan fingerprint density at radius 3 is 2.27 bits per heavy atom. The minimum atomic E-state index is -4.11. The lowest BCUT2D eigenvalue weighted by Gasteiger charge is -2.12. The Kier molecular flexibility index (Phi) is 1.20. The maximum Gasteiger partial charge on any atom is 0.412 e. The van der Waals surface area contributed by atoms with Crippen LogP contribution in [0, 0.1) is 11.8 Å². The zero-order valence-electron chi connectivity index (χ0n) is 5.73. The lowest BCUT2D eigenvalue weighted by Crippen LogP contribution is -2.15. The summed E-state index contributed by atoms with van der Waals surface area (Å²) in [6.07, 6.45) is 1.37. The third kappa shape index (κ3) is 0.988. The van der Waals surface area contributed by atoms with Crippen molar-refractivity contribution >= 4 is 0 Å². The highest BCUT2D eigenvalue weighted by Gasteiger charge is 2.43. The van der Waals surface area contributed by atoms with Crippen LogP contribution < -0.4 is 0 Å². The van der Waals surface area contributed by atoms with Crippen molar-refractivity contribution in [2.24, 2.45) is 11.8 Å². The Hall–Kier alpha value is -0.730. The largest absolute Gasteiger partial charge is 0.412 e. The molecule has 2 rings (SSSR count). The summed E-state index contributed by atoms with van der Waals surface area (Å²) in [6.45, 7) is 0. The Balaban J connectivity index is 2.26. The Morgan fingerprint density at radius 2 is 2.00 bits per heavy atom. The summed E-state index contributed by atoms with van der Waals surface area (Å²) >= 11 is 0. The zero-order chi connectivity index (χ0) is 8.06. The molecule has 0 saturated heterocycles. The molecule has 11 heavy (non-hydrogen) atoms. The predicted octanol–water partition coefficient (Wildman–Crippen LogP) is 2.68. The SMILES string of the molecule is FC(F)(F)C1=CC2C=CC1C2. The predicted molar refractivity (Wildman–Crippen MR) is 34.9 cm³/mol. The Bertz CT molecular complexity index is 234. The van der Waals surface area contributed by atoms with Gasteiger partial charge in [0.25, 0.3) is 0 Å². The number of alkyl halides is 3. The molecule has 0 spiro atoms. The third-order valence-corrected chi connectivity index (χ3v) is 2.24. The molecular formula is C8H7F3. The minimum Gasteiger partial charge on any atom is -0.166 e. The molecule has 0 nitrogen and oxygen atoms in total. The topological polar surface area (TPSA) is 0 Å². The molecule has 0 aliphatic heterocycles. The van der Waals surface area contributed by atoms with Crippen LogP contribution in [-0.4, -0.2) is 6.18 Å². The van der Waals surface area contributed by atoms with E-state index in [9.17, 15) is 13.2 Å². The lowest BCUT2D eigenvalue weighted by atomic mass is 10.0. The molecule has 0 N–H and O–H groups in total. The molecule has 0 heterocycles. The van der Waals surface area contributed by atoms with E-state index in [0.717, 1.165) is 0 Å². The van der Waals surface area contributed by atoms with Gasteiger partial charge in [-0.05, 0) is 12.3 Å². The molecule has 0 amide bonds. The van der Waals surface area contributed by atoms with Crippen LogP contribution in [0.2, 0.25) is 0 Å². The van der Waals surface area contributed by atoms with E-state index in [0.29, 0.717) is 6.42 Å². The number of fused-ring (bicyclic) bond motifs is 2. The monoisotopic (exact) mass is 160 g/mol. The summed E-state index contributed by atoms with van der Waals surface area (Å²) in [5.74, 6) is -0.295. The maximum atomic E-state index is 12.1. The summed E-state index contributed by atoms with van der Waals surface area (Å²) in [6, 6.07) is 0. The minimum absolute atomic E-state index is 0.0524. The second-order valence-electron chi connectivity index (χ2n) is 3.01. The number of halogens is 3. The fraction of sp³-hybridized carbons (Fsp3) is 0.500. The van der Waals surface area contributed by atoms with E-state index in [1.807, 2.05) is 6.08 Å². The molecule has 2 aliphatic rings. The molecule has 0 aromatic heterocycles. The molecule has 2 aliphatic carbocycles. The van der Waals surface area contributed by atoms with Crippen molar-refractivity contribution in [3.8, 4) is 0 Å². The molecule has 0 saturated carbocycles. The van der Waals surface area contributed by atoms with E-state index in [4.69, 9.17) is 0 Å². The van der Waals surface area contributed by atoms with E-state index in [1.165, 1.54) is 6.08 Å². The second kappa shape index (κ2) is 1.90. The van der Waals surface area contributed by atoms with Gasteiger partial charge in [-0.25, -0.2) is 0 Å². The van der Waals surface area contributed by atoms with Gasteiger partial charge in [0.1, 0.15) is 0 Å². The van der Waals surface area contributed by atoms with Crippen molar-refractivity contribution in [1.29, 1.82) is 0 Å². The van der Waals surface area contributed by atoms with Crippen LogP contribution in [0.1, 0.15) is 6.42 Å². The van der Waals surface area contributed by atoms with Gasteiger partial charge in [0.05, 0.1) is 0 Å². The normalized spacial score (nSPS) is 34.6. The lowest BCUT2D eigenvalue weighted by molar-refractivity contribution is -0.0961. The third-order valence-electron chi connectivity index (χ3n) is 2.24. The highest BCUT2D eigenvalue weighted by molar-refractivity contribution is 5.32. The van der Waals surface area contributed by atoms with Crippen LogP contribution in [0.4, 0.5) is 13.2 Å². The average molecular weight is 160 g/mol. The number of rotatable bonds is 0. The van der Waals surface area contributed by atoms with Gasteiger partial charge in [-0.15, -0.1) is 0 Å². The van der Waals surface area contributed by atoms with Gasteiger partial charge in [-0.3, -0.25) is 0 Å². The van der Waals surface area contributed by atoms with Gasteiger partial charge in [0, 0.05) is 11.5 Å². The summed E-state index contributed by atoms with van der Waals surface area (Å²) in [5.41, 5.74) is -0.343. The molecule has 3 heteroatoms. The van der Waals surface area contributed by atoms with Gasteiger partial charge in [0.15, 0.2) is 0 Å². The molecule has 60 valence electrons. The van der Waals surface area contributed by atoms with Crippen LogP contribution in [0.5, 0.6) is 0 Å². The van der Waals surface area contributed by atoms with Crippen molar-refractivity contribution in [3.05, 3.63) is 23.8 Å². The van der Waals surface area contributed by atoms with Crippen LogP contribution in [0.15, 0.2) is 23.8 Å². The van der Waals surface area contributed by atoms with Crippen LogP contribution >= 0.6 is 0 Å². The number of hydrogen-bond donors (Lipinski definition) is 0. The fourth-order valence-electron chi connectivity index (χ4n) is 1.74. The van der Waals surface area contributed by atoms with Crippen molar-refractivity contribution in [2.45, 2.75) is 12.6 Å². The summed E-state index contributed by atoms with van der Waals surface area (Å²) in [7, 11) is 0. The highest BCUT2D eigenvalue weighted by Crippen LogP contribution is 2.45. The van der Waals surface area contributed by atoms with Crippen molar-refractivity contribution in [1.82, 2.24) is 0 Å². The molecule has 2 unspecified atom stereocenters. The first kappa shape index (κ1) is 6.95. The van der Waals surface area contributed by atoms with Gasteiger partial charge in [-0.2, -0.15) is 13.2 Å². The second-order valence-corrected chi connectivity index (χ2v) is 3.01. The number of allylic oxidation sites excluding steroid dienone is 4. The maximum absolute atomic E-state index is 12.1. The molecule has 2 atom stereocenters. The van der Waals surface area contributed by atoms with E-state index in [1.54, 1.807) is 6.08 Å². The van der Waals surface area contributed by atoms with Crippen LogP contribution in [-0.2, 0) is 0 Å². The smallest absolute Gasteiger partial charge is 0.166 e. The molecule has 0 aromatic rings. The van der Waals surface area contributed by atoms with Gasteiger partial charge in [0.2, 0.25) is 0 Å². The Labute approximate surface area is 62.4 Å². The highest BCUT2D eigenvalue weighted by atomic mass is 19.4. The average Bonchev–Trinajstić information content (AvgIpc) is 2.42. The molecule has 2 bridgehead atoms. The molecular weight excluding hydrogens is 153 g/mol. The molecule has 0 fully saturated rings. The van der Waals surface area contributed by atoms with E-state index in [-0.39, 0.29) is 17.4 Å². The van der Waals surface area contributed by atoms with Gasteiger partial charge < -0.3 is 0 Å². The van der Waals surface area contributed by atoms with Crippen molar-refractivity contribution < 1.29 is 13.2 Å². The summed E-state index contributed by atoms with van der Waals surface area (Å²) < 4.78 is 36.3. The van der Waals surface area contributed by atoms with Crippen LogP contribution in [0.25, 0.3) is 0 Å². The van der Waals surface area contributed by atoms with E-state index in [2.05, 4.69) is 0 Å². The zero-order valence-corrected chi connectivity index (χ0v) is 5.73.